The van der Waals surface area contributed by atoms with Gasteiger partial charge in [0.2, 0.25) is 0 Å². The molecule has 16 heavy (non-hydrogen) atoms. The number of benzene rings is 1. The summed E-state index contributed by atoms with van der Waals surface area (Å²) in [6.07, 6.45) is 1.87. The molecule has 0 radical (unpaired) electrons. The van der Waals surface area contributed by atoms with Crippen LogP contribution in [0.1, 0.15) is 24.6 Å². The van der Waals surface area contributed by atoms with Crippen LogP contribution in [0.25, 0.3) is 10.9 Å². The Balaban J connectivity index is 2.73. The van der Waals surface area contributed by atoms with Gasteiger partial charge in [-0.2, -0.15) is 0 Å². The summed E-state index contributed by atoms with van der Waals surface area (Å²) < 4.78 is 13.4. The minimum atomic E-state index is -0.232. The fraction of sp³-hybridized carbons (Fsp3) is 0.308. The molecule has 0 unspecified atom stereocenters. The van der Waals surface area contributed by atoms with E-state index in [1.807, 2.05) is 6.07 Å². The second kappa shape index (κ2) is 4.38. The average Bonchev–Trinajstić information content (AvgIpc) is 2.25. The molecule has 3 heteroatoms. The lowest BCUT2D eigenvalue weighted by Gasteiger charge is -2.07. The third-order valence-corrected chi connectivity index (χ3v) is 2.99. The number of nitrogens with zero attached hydrogens (tertiary/aromatic N) is 1. The largest absolute Gasteiger partial charge is 0.252 e. The first kappa shape index (κ1) is 11.3. The van der Waals surface area contributed by atoms with Crippen LogP contribution in [0.15, 0.2) is 18.2 Å². The molecule has 0 atom stereocenters. The fourth-order valence-corrected chi connectivity index (χ4v) is 2.07. The number of hydrogen-bond acceptors (Lipinski definition) is 1. The predicted octanol–water partition coefficient (Wildman–Crippen LogP) is 4.29. The topological polar surface area (TPSA) is 12.9 Å². The first-order valence-corrected chi connectivity index (χ1v) is 5.75. The zero-order valence-electron chi connectivity index (χ0n) is 9.35. The van der Waals surface area contributed by atoms with E-state index < -0.39 is 0 Å². The summed E-state index contributed by atoms with van der Waals surface area (Å²) in [5.74, 6) is -0.232. The third kappa shape index (κ3) is 1.90. The molecule has 0 saturated carbocycles. The van der Waals surface area contributed by atoms with Crippen LogP contribution in [-0.4, -0.2) is 4.98 Å². The zero-order chi connectivity index (χ0) is 11.7. The van der Waals surface area contributed by atoms with Crippen molar-refractivity contribution < 1.29 is 4.39 Å². The molecule has 0 spiro atoms. The Kier molecular flexibility index (Phi) is 3.10. The van der Waals surface area contributed by atoms with Gasteiger partial charge in [0, 0.05) is 16.6 Å². The maximum absolute atomic E-state index is 13.4. The van der Waals surface area contributed by atoms with Crippen LogP contribution in [0, 0.1) is 12.7 Å². The number of aryl methyl sites for hydroxylation is 2. The number of fused-ring (bicyclic) bond motifs is 1. The predicted molar refractivity (Wildman–Crippen MR) is 65.4 cm³/mol. The van der Waals surface area contributed by atoms with E-state index in [-0.39, 0.29) is 5.82 Å². The molecule has 0 aliphatic rings. The van der Waals surface area contributed by atoms with Gasteiger partial charge in [-0.1, -0.05) is 24.9 Å². The molecule has 2 rings (SSSR count). The molecule has 0 bridgehead atoms. The van der Waals surface area contributed by atoms with Gasteiger partial charge in [0.25, 0.3) is 0 Å². The molecule has 0 N–H and O–H groups in total. The molecule has 0 saturated heterocycles. The standard InChI is InChI=1S/C13H13ClFN/c1-3-4-9-7-11(14)10-5-6-12(15)8(2)13(10)16-9/h5-7H,3-4H2,1-2H3. The lowest BCUT2D eigenvalue weighted by molar-refractivity contribution is 0.620. The van der Waals surface area contributed by atoms with Crippen molar-refractivity contribution >= 4 is 22.5 Å². The first-order chi connectivity index (χ1) is 7.63. The summed E-state index contributed by atoms with van der Waals surface area (Å²) in [6.45, 7) is 3.81. The summed E-state index contributed by atoms with van der Waals surface area (Å²) in [5, 5.41) is 1.47. The van der Waals surface area contributed by atoms with Crippen LogP contribution in [0.5, 0.6) is 0 Å². The van der Waals surface area contributed by atoms with Crippen molar-refractivity contribution in [1.29, 1.82) is 0 Å². The third-order valence-electron chi connectivity index (χ3n) is 2.68. The molecule has 0 aliphatic heterocycles. The van der Waals surface area contributed by atoms with Crippen LogP contribution in [0.4, 0.5) is 4.39 Å². The Hall–Kier alpha value is -1.15. The molecule has 1 nitrogen and oxygen atoms in total. The van der Waals surface area contributed by atoms with Crippen molar-refractivity contribution in [2.75, 3.05) is 0 Å². The maximum Gasteiger partial charge on any atom is 0.128 e. The van der Waals surface area contributed by atoms with Gasteiger partial charge in [0.15, 0.2) is 0 Å². The number of hydrogen-bond donors (Lipinski definition) is 0. The van der Waals surface area contributed by atoms with Crippen molar-refractivity contribution in [1.82, 2.24) is 4.98 Å². The van der Waals surface area contributed by atoms with Gasteiger partial charge in [0.05, 0.1) is 10.5 Å². The molecular weight excluding hydrogens is 225 g/mol. The van der Waals surface area contributed by atoms with Gasteiger partial charge in [-0.05, 0) is 31.5 Å². The highest BCUT2D eigenvalue weighted by atomic mass is 35.5. The molecule has 1 aromatic carbocycles. The van der Waals surface area contributed by atoms with Crippen LogP contribution in [-0.2, 0) is 6.42 Å². The maximum atomic E-state index is 13.4. The van der Waals surface area contributed by atoms with Crippen molar-refractivity contribution in [3.63, 3.8) is 0 Å². The molecule has 0 amide bonds. The fourth-order valence-electron chi connectivity index (χ4n) is 1.80. The Morgan fingerprint density at radius 2 is 2.12 bits per heavy atom. The minimum absolute atomic E-state index is 0.232. The van der Waals surface area contributed by atoms with Crippen LogP contribution in [0.2, 0.25) is 5.02 Å². The summed E-state index contributed by atoms with van der Waals surface area (Å²) in [7, 11) is 0. The van der Waals surface area contributed by atoms with Crippen molar-refractivity contribution in [3.8, 4) is 0 Å². The molecule has 2 aromatic rings. The SMILES string of the molecule is CCCc1cc(Cl)c2ccc(F)c(C)c2n1. The lowest BCUT2D eigenvalue weighted by Crippen LogP contribution is -1.94. The minimum Gasteiger partial charge on any atom is -0.252 e. The van der Waals surface area contributed by atoms with E-state index in [1.54, 1.807) is 13.0 Å². The quantitative estimate of drug-likeness (QED) is 0.759. The molecule has 0 aliphatic carbocycles. The van der Waals surface area contributed by atoms with Gasteiger partial charge in [-0.15, -0.1) is 0 Å². The first-order valence-electron chi connectivity index (χ1n) is 5.37. The van der Waals surface area contributed by atoms with Crippen LogP contribution < -0.4 is 0 Å². The highest BCUT2D eigenvalue weighted by molar-refractivity contribution is 6.35. The Morgan fingerprint density at radius 3 is 2.81 bits per heavy atom. The highest BCUT2D eigenvalue weighted by Crippen LogP contribution is 2.27. The van der Waals surface area contributed by atoms with Crippen molar-refractivity contribution in [2.24, 2.45) is 0 Å². The Labute approximate surface area is 99.3 Å². The molecular formula is C13H13ClFN. The van der Waals surface area contributed by atoms with Crippen LogP contribution >= 0.6 is 11.6 Å². The van der Waals surface area contributed by atoms with Crippen LogP contribution in [0.3, 0.4) is 0 Å². The molecule has 1 heterocycles. The normalized spacial score (nSPS) is 11.0. The zero-order valence-corrected chi connectivity index (χ0v) is 10.1. The number of aromatic nitrogens is 1. The van der Waals surface area contributed by atoms with E-state index in [2.05, 4.69) is 11.9 Å². The van der Waals surface area contributed by atoms with Gasteiger partial charge < -0.3 is 0 Å². The average molecular weight is 238 g/mol. The van der Waals surface area contributed by atoms with Gasteiger partial charge in [-0.3, -0.25) is 4.98 Å². The smallest absolute Gasteiger partial charge is 0.128 e. The molecule has 0 fully saturated rings. The number of rotatable bonds is 2. The number of halogens is 2. The monoisotopic (exact) mass is 237 g/mol. The van der Waals surface area contributed by atoms with E-state index in [1.165, 1.54) is 6.07 Å². The van der Waals surface area contributed by atoms with E-state index in [0.717, 1.165) is 23.9 Å². The van der Waals surface area contributed by atoms with E-state index in [9.17, 15) is 4.39 Å². The van der Waals surface area contributed by atoms with Gasteiger partial charge in [-0.25, -0.2) is 4.39 Å². The Morgan fingerprint density at radius 1 is 1.38 bits per heavy atom. The Bertz CT molecular complexity index is 537. The summed E-state index contributed by atoms with van der Waals surface area (Å²) in [6, 6.07) is 4.98. The second-order valence-electron chi connectivity index (χ2n) is 3.91. The lowest BCUT2D eigenvalue weighted by atomic mass is 10.1. The van der Waals surface area contributed by atoms with E-state index in [0.29, 0.717) is 16.1 Å². The summed E-state index contributed by atoms with van der Waals surface area (Å²) in [5.41, 5.74) is 2.17. The molecule has 1 aromatic heterocycles. The van der Waals surface area contributed by atoms with Crippen molar-refractivity contribution in [3.05, 3.63) is 40.3 Å². The van der Waals surface area contributed by atoms with Crippen molar-refractivity contribution in [2.45, 2.75) is 26.7 Å². The summed E-state index contributed by atoms with van der Waals surface area (Å²) >= 11 is 6.16. The highest BCUT2D eigenvalue weighted by Gasteiger charge is 2.09. The second-order valence-corrected chi connectivity index (χ2v) is 4.32. The van der Waals surface area contributed by atoms with E-state index in [4.69, 9.17) is 11.6 Å². The number of pyridine rings is 1. The summed E-state index contributed by atoms with van der Waals surface area (Å²) in [4.78, 5) is 4.46. The molecule has 84 valence electrons. The van der Waals surface area contributed by atoms with E-state index >= 15 is 0 Å². The van der Waals surface area contributed by atoms with Gasteiger partial charge in [0.1, 0.15) is 5.82 Å². The van der Waals surface area contributed by atoms with Gasteiger partial charge >= 0.3 is 0 Å².